The quantitative estimate of drug-likeness (QED) is 0.611. The van der Waals surface area contributed by atoms with E-state index in [4.69, 9.17) is 4.43 Å². The monoisotopic (exact) mass is 243 g/mol. The van der Waals surface area contributed by atoms with Crippen LogP contribution < -0.4 is 5.32 Å². The zero-order chi connectivity index (χ0) is 12.4. The van der Waals surface area contributed by atoms with Crippen molar-refractivity contribution in [3.8, 4) is 0 Å². The lowest BCUT2D eigenvalue weighted by Gasteiger charge is -2.41. The molecule has 0 bridgehead atoms. The Kier molecular flexibility index (Phi) is 4.32. The van der Waals surface area contributed by atoms with Gasteiger partial charge in [-0.25, -0.2) is 0 Å². The van der Waals surface area contributed by atoms with Crippen molar-refractivity contribution >= 4 is 14.6 Å². The van der Waals surface area contributed by atoms with Crippen molar-refractivity contribution in [2.75, 3.05) is 6.54 Å². The Morgan fingerprint density at radius 2 is 1.94 bits per heavy atom. The Morgan fingerprint density at radius 1 is 1.31 bits per heavy atom. The van der Waals surface area contributed by atoms with Crippen LogP contribution in [-0.2, 0) is 9.22 Å². The van der Waals surface area contributed by atoms with Crippen LogP contribution in [0.4, 0.5) is 0 Å². The van der Waals surface area contributed by atoms with E-state index in [2.05, 4.69) is 39.2 Å². The van der Waals surface area contributed by atoms with Crippen molar-refractivity contribution in [3.05, 3.63) is 0 Å². The van der Waals surface area contributed by atoms with Crippen LogP contribution in [0.3, 0.4) is 0 Å². The van der Waals surface area contributed by atoms with Crippen LogP contribution in [0.5, 0.6) is 0 Å². The van der Waals surface area contributed by atoms with Gasteiger partial charge in [-0.15, -0.1) is 0 Å². The minimum absolute atomic E-state index is 0.0410. The van der Waals surface area contributed by atoms with E-state index in [0.717, 1.165) is 25.7 Å². The molecule has 1 saturated heterocycles. The highest BCUT2D eigenvalue weighted by atomic mass is 28.4. The fraction of sp³-hybridized carbons (Fsp3) is 0.917. The maximum absolute atomic E-state index is 10.6. The van der Waals surface area contributed by atoms with Gasteiger partial charge in [-0.3, -0.25) is 0 Å². The molecular weight excluding hydrogens is 218 g/mol. The van der Waals surface area contributed by atoms with Crippen molar-refractivity contribution in [1.29, 1.82) is 0 Å². The lowest BCUT2D eigenvalue weighted by molar-refractivity contribution is -0.110. The van der Waals surface area contributed by atoms with Crippen LogP contribution >= 0.6 is 0 Å². The summed E-state index contributed by atoms with van der Waals surface area (Å²) >= 11 is 0. The van der Waals surface area contributed by atoms with Gasteiger partial charge in [-0.1, -0.05) is 20.8 Å². The number of nitrogens with one attached hydrogen (secondary N) is 1. The van der Waals surface area contributed by atoms with Gasteiger partial charge < -0.3 is 14.5 Å². The minimum atomic E-state index is -1.65. The molecule has 0 aromatic heterocycles. The molecule has 1 aliphatic rings. The highest BCUT2D eigenvalue weighted by Crippen LogP contribution is 2.37. The predicted octanol–water partition coefficient (Wildman–Crippen LogP) is 2.33. The summed E-state index contributed by atoms with van der Waals surface area (Å²) in [5, 5.41) is 3.48. The van der Waals surface area contributed by atoms with E-state index in [1.165, 1.54) is 0 Å². The van der Waals surface area contributed by atoms with Gasteiger partial charge in [0, 0.05) is 6.54 Å². The van der Waals surface area contributed by atoms with Crippen LogP contribution in [0, 0.1) is 0 Å². The van der Waals surface area contributed by atoms with Gasteiger partial charge in [0.05, 0.1) is 12.1 Å². The SMILES string of the molecule is CC(C)(C)[Si](C)(C)O[C@@H]1CC[C@H](C=O)NC1. The second kappa shape index (κ2) is 4.98. The normalized spacial score (nSPS) is 27.8. The van der Waals surface area contributed by atoms with Gasteiger partial charge in [-0.05, 0) is 31.0 Å². The molecule has 0 radical (unpaired) electrons. The Morgan fingerprint density at radius 3 is 2.31 bits per heavy atom. The average molecular weight is 243 g/mol. The second-order valence-electron chi connectivity index (χ2n) is 6.23. The van der Waals surface area contributed by atoms with Crippen molar-refractivity contribution in [2.45, 2.75) is 63.9 Å². The number of carbonyl (C=O) groups is 1. The fourth-order valence-corrected chi connectivity index (χ4v) is 3.05. The van der Waals surface area contributed by atoms with Crippen LogP contribution in [0.1, 0.15) is 33.6 Å². The van der Waals surface area contributed by atoms with Gasteiger partial charge >= 0.3 is 0 Å². The molecule has 0 aromatic rings. The highest BCUT2D eigenvalue weighted by molar-refractivity contribution is 6.74. The van der Waals surface area contributed by atoms with Crippen molar-refractivity contribution in [3.63, 3.8) is 0 Å². The van der Waals surface area contributed by atoms with Gasteiger partial charge in [-0.2, -0.15) is 0 Å². The molecule has 0 aromatic carbocycles. The van der Waals surface area contributed by atoms with Crippen LogP contribution in [0.25, 0.3) is 0 Å². The Hall–Kier alpha value is -0.193. The Labute approximate surface area is 100 Å². The van der Waals surface area contributed by atoms with E-state index in [1.54, 1.807) is 0 Å². The summed E-state index contributed by atoms with van der Waals surface area (Å²) in [7, 11) is -1.65. The van der Waals surface area contributed by atoms with E-state index in [0.29, 0.717) is 0 Å². The molecule has 2 atom stereocenters. The molecule has 3 nitrogen and oxygen atoms in total. The smallest absolute Gasteiger partial charge is 0.192 e. The number of aldehydes is 1. The average Bonchev–Trinajstić information content (AvgIpc) is 2.16. The Balaban J connectivity index is 2.47. The standard InChI is InChI=1S/C12H25NO2Si/c1-12(2,3)16(4,5)15-11-7-6-10(9-14)13-8-11/h9-11,13H,6-8H2,1-5H3/t10-,11-/m1/s1. The maximum Gasteiger partial charge on any atom is 0.192 e. The maximum atomic E-state index is 10.6. The fourth-order valence-electron chi connectivity index (χ4n) is 1.66. The van der Waals surface area contributed by atoms with Crippen LogP contribution in [0.2, 0.25) is 18.1 Å². The number of hydrogen-bond acceptors (Lipinski definition) is 3. The molecule has 0 spiro atoms. The first-order chi connectivity index (χ1) is 7.26. The lowest BCUT2D eigenvalue weighted by Crippen LogP contribution is -2.50. The third-order valence-electron chi connectivity index (χ3n) is 3.84. The number of carbonyl (C=O) groups excluding carboxylic acids is 1. The highest BCUT2D eigenvalue weighted by Gasteiger charge is 2.39. The molecule has 0 unspecified atom stereocenters. The van der Waals surface area contributed by atoms with Crippen molar-refractivity contribution in [2.24, 2.45) is 0 Å². The molecule has 94 valence electrons. The minimum Gasteiger partial charge on any atom is -0.413 e. The summed E-state index contributed by atoms with van der Waals surface area (Å²) in [6.45, 7) is 12.1. The summed E-state index contributed by atoms with van der Waals surface area (Å²) in [6, 6.07) is 0.0410. The summed E-state index contributed by atoms with van der Waals surface area (Å²) in [4.78, 5) is 10.6. The second-order valence-corrected chi connectivity index (χ2v) is 11.0. The van der Waals surface area contributed by atoms with E-state index in [1.807, 2.05) is 0 Å². The van der Waals surface area contributed by atoms with Crippen molar-refractivity contribution in [1.82, 2.24) is 5.32 Å². The zero-order valence-corrected chi connectivity index (χ0v) is 12.2. The topological polar surface area (TPSA) is 38.3 Å². The lowest BCUT2D eigenvalue weighted by atomic mass is 10.0. The molecule has 1 aliphatic heterocycles. The first-order valence-electron chi connectivity index (χ1n) is 6.13. The first kappa shape index (κ1) is 13.9. The van der Waals surface area contributed by atoms with Gasteiger partial charge in [0.25, 0.3) is 0 Å². The van der Waals surface area contributed by atoms with Crippen LogP contribution in [0.15, 0.2) is 0 Å². The van der Waals surface area contributed by atoms with Crippen molar-refractivity contribution < 1.29 is 9.22 Å². The molecule has 16 heavy (non-hydrogen) atoms. The number of piperidine rings is 1. The molecule has 0 amide bonds. The molecule has 1 rings (SSSR count). The van der Waals surface area contributed by atoms with E-state index in [9.17, 15) is 4.79 Å². The molecule has 1 fully saturated rings. The van der Waals surface area contributed by atoms with E-state index in [-0.39, 0.29) is 17.2 Å². The Bertz CT molecular complexity index is 240. The number of hydrogen-bond donors (Lipinski definition) is 1. The van der Waals surface area contributed by atoms with Gasteiger partial charge in [0.2, 0.25) is 0 Å². The third-order valence-corrected chi connectivity index (χ3v) is 8.37. The summed E-state index contributed by atoms with van der Waals surface area (Å²) in [5.41, 5.74) is 0. The summed E-state index contributed by atoms with van der Waals surface area (Å²) in [6.07, 6.45) is 3.20. The summed E-state index contributed by atoms with van der Waals surface area (Å²) < 4.78 is 6.30. The molecule has 4 heteroatoms. The zero-order valence-electron chi connectivity index (χ0n) is 11.2. The molecule has 1 heterocycles. The predicted molar refractivity (Wildman–Crippen MR) is 69.2 cm³/mol. The summed E-state index contributed by atoms with van der Waals surface area (Å²) in [5.74, 6) is 0. The molecular formula is C12H25NO2Si. The molecule has 0 aliphatic carbocycles. The molecule has 1 N–H and O–H groups in total. The first-order valence-corrected chi connectivity index (χ1v) is 9.03. The van der Waals surface area contributed by atoms with Crippen LogP contribution in [-0.4, -0.2) is 33.3 Å². The van der Waals surface area contributed by atoms with Gasteiger partial charge in [0.1, 0.15) is 6.29 Å². The van der Waals surface area contributed by atoms with E-state index >= 15 is 0 Å². The van der Waals surface area contributed by atoms with Gasteiger partial charge in [0.15, 0.2) is 8.32 Å². The third kappa shape index (κ3) is 3.40. The molecule has 0 saturated carbocycles. The van der Waals surface area contributed by atoms with E-state index < -0.39 is 8.32 Å². The largest absolute Gasteiger partial charge is 0.413 e. The number of rotatable bonds is 3.